The number of rotatable bonds is 9. The molecule has 7 nitrogen and oxygen atoms in total. The molecule has 1 unspecified atom stereocenters. The number of nitrogens with one attached hydrogen (secondary N) is 1. The highest BCUT2D eigenvalue weighted by Gasteiger charge is 2.32. The Balaban J connectivity index is 2.45. The molecule has 0 aliphatic carbocycles. The van der Waals surface area contributed by atoms with Crippen molar-refractivity contribution in [1.29, 1.82) is 0 Å². The molecule has 0 radical (unpaired) electrons. The van der Waals surface area contributed by atoms with Crippen molar-refractivity contribution in [3.8, 4) is 0 Å². The summed E-state index contributed by atoms with van der Waals surface area (Å²) < 4.78 is 33.4. The molecule has 2 rings (SSSR count). The number of amides is 1. The van der Waals surface area contributed by atoms with Crippen LogP contribution >= 0.6 is 23.2 Å². The van der Waals surface area contributed by atoms with Crippen LogP contribution in [-0.2, 0) is 21.4 Å². The van der Waals surface area contributed by atoms with E-state index in [0.29, 0.717) is 15.6 Å². The molecule has 0 spiro atoms. The van der Waals surface area contributed by atoms with E-state index in [0.717, 1.165) is 10.7 Å². The zero-order chi connectivity index (χ0) is 23.2. The average Bonchev–Trinajstić information content (AvgIpc) is 2.72. The summed E-state index contributed by atoms with van der Waals surface area (Å²) >= 11 is 12.0. The number of anilines is 1. The van der Waals surface area contributed by atoms with Crippen LogP contribution in [0.5, 0.6) is 0 Å². The van der Waals surface area contributed by atoms with E-state index >= 15 is 0 Å². The Morgan fingerprint density at radius 1 is 1.13 bits per heavy atom. The number of alkyl carbamates (subject to hydrolysis) is 1. The van der Waals surface area contributed by atoms with Gasteiger partial charge in [0.05, 0.1) is 23.2 Å². The lowest BCUT2D eigenvalue weighted by Crippen LogP contribution is -2.43. The van der Waals surface area contributed by atoms with Gasteiger partial charge in [-0.3, -0.25) is 4.31 Å². The molecule has 0 saturated carbocycles. The lowest BCUT2D eigenvalue weighted by Gasteiger charge is -2.32. The number of nitrogens with zero attached hydrogens (tertiary/aromatic N) is 1. The largest absolute Gasteiger partial charge is 0.447 e. The number of aliphatic hydroxyl groups is 1. The van der Waals surface area contributed by atoms with Gasteiger partial charge in [-0.15, -0.1) is 0 Å². The van der Waals surface area contributed by atoms with Gasteiger partial charge in [-0.1, -0.05) is 36.2 Å². The van der Waals surface area contributed by atoms with Crippen molar-refractivity contribution in [3.05, 3.63) is 58.1 Å². The van der Waals surface area contributed by atoms with Gasteiger partial charge in [-0.25, -0.2) is 13.2 Å². The summed E-state index contributed by atoms with van der Waals surface area (Å²) in [5.74, 6) is 0. The minimum atomic E-state index is -4.10. The van der Waals surface area contributed by atoms with Crippen molar-refractivity contribution in [3.63, 3.8) is 0 Å². The predicted molar refractivity (Wildman–Crippen MR) is 122 cm³/mol. The van der Waals surface area contributed by atoms with Crippen molar-refractivity contribution in [1.82, 2.24) is 5.32 Å². The van der Waals surface area contributed by atoms with Crippen LogP contribution in [0.4, 0.5) is 10.5 Å². The smallest absolute Gasteiger partial charge is 0.407 e. The summed E-state index contributed by atoms with van der Waals surface area (Å²) in [6, 6.07) is 9.40. The Morgan fingerprint density at radius 2 is 1.74 bits per heavy atom. The van der Waals surface area contributed by atoms with Gasteiger partial charge in [0, 0.05) is 21.7 Å². The first kappa shape index (κ1) is 25.3. The van der Waals surface area contributed by atoms with Crippen LogP contribution in [0.3, 0.4) is 0 Å². The summed E-state index contributed by atoms with van der Waals surface area (Å²) in [5.41, 5.74) is 0.557. The molecule has 0 aliphatic heterocycles. The van der Waals surface area contributed by atoms with Gasteiger partial charge >= 0.3 is 6.09 Å². The van der Waals surface area contributed by atoms with E-state index in [1.165, 1.54) is 30.3 Å². The van der Waals surface area contributed by atoms with E-state index in [1.54, 1.807) is 19.1 Å². The highest BCUT2D eigenvalue weighted by molar-refractivity contribution is 7.92. The third kappa shape index (κ3) is 6.49. The molecule has 0 saturated heterocycles. The van der Waals surface area contributed by atoms with Crippen LogP contribution < -0.4 is 9.62 Å². The Hall–Kier alpha value is -2.00. The van der Waals surface area contributed by atoms with Gasteiger partial charge in [-0.2, -0.15) is 0 Å². The summed E-state index contributed by atoms with van der Waals surface area (Å²) in [7, 11) is -4.10. The third-order valence-electron chi connectivity index (χ3n) is 4.66. The second-order valence-corrected chi connectivity index (χ2v) is 9.77. The second-order valence-electron chi connectivity index (χ2n) is 7.09. The number of carbonyl (C=O) groups excluding carboxylic acids is 1. The number of ether oxygens (including phenoxy) is 1. The normalized spacial score (nSPS) is 13.4. The van der Waals surface area contributed by atoms with Crippen molar-refractivity contribution in [2.24, 2.45) is 0 Å². The number of hydrogen-bond donors (Lipinski definition) is 2. The van der Waals surface area contributed by atoms with E-state index in [9.17, 15) is 18.3 Å². The molecule has 0 aromatic heterocycles. The molecule has 31 heavy (non-hydrogen) atoms. The lowest BCUT2D eigenvalue weighted by atomic mass is 10.1. The van der Waals surface area contributed by atoms with E-state index in [4.69, 9.17) is 27.9 Å². The first-order valence-corrected chi connectivity index (χ1v) is 11.9. The Bertz CT molecular complexity index is 999. The molecule has 170 valence electrons. The van der Waals surface area contributed by atoms with E-state index in [-0.39, 0.29) is 23.2 Å². The molecule has 0 aliphatic rings. The van der Waals surface area contributed by atoms with Gasteiger partial charge in [0.25, 0.3) is 10.0 Å². The Morgan fingerprint density at radius 3 is 2.32 bits per heavy atom. The van der Waals surface area contributed by atoms with Crippen molar-refractivity contribution in [2.75, 3.05) is 10.9 Å². The van der Waals surface area contributed by atoms with Gasteiger partial charge in [-0.05, 0) is 56.7 Å². The van der Waals surface area contributed by atoms with Gasteiger partial charge < -0.3 is 15.2 Å². The van der Waals surface area contributed by atoms with E-state index in [2.05, 4.69) is 5.32 Å². The quantitative estimate of drug-likeness (QED) is 0.537. The zero-order valence-electron chi connectivity index (χ0n) is 17.5. The molecular formula is C21H26Cl2N2O5S. The summed E-state index contributed by atoms with van der Waals surface area (Å²) in [6.07, 6.45) is 0.0860. The molecule has 2 atom stereocenters. The summed E-state index contributed by atoms with van der Waals surface area (Å²) in [4.78, 5) is 12.0. The van der Waals surface area contributed by atoms with Gasteiger partial charge in [0.1, 0.15) is 6.61 Å². The maximum Gasteiger partial charge on any atom is 0.407 e. The monoisotopic (exact) mass is 488 g/mol. The highest BCUT2D eigenvalue weighted by Crippen LogP contribution is 2.32. The Kier molecular flexibility index (Phi) is 9.00. The van der Waals surface area contributed by atoms with Crippen LogP contribution in [0.15, 0.2) is 47.4 Å². The first-order valence-electron chi connectivity index (χ1n) is 9.72. The zero-order valence-corrected chi connectivity index (χ0v) is 19.8. The van der Waals surface area contributed by atoms with Crippen LogP contribution in [-0.4, -0.2) is 38.3 Å². The molecule has 0 heterocycles. The minimum absolute atomic E-state index is 0.00308. The summed E-state index contributed by atoms with van der Waals surface area (Å²) in [5, 5.41) is 13.1. The lowest BCUT2D eigenvalue weighted by molar-refractivity contribution is 0.138. The Labute approximate surface area is 193 Å². The third-order valence-corrected chi connectivity index (χ3v) is 7.09. The number of sulfonamides is 1. The maximum absolute atomic E-state index is 13.5. The molecule has 2 aromatic rings. The van der Waals surface area contributed by atoms with E-state index < -0.39 is 28.8 Å². The second kappa shape index (κ2) is 11.0. The van der Waals surface area contributed by atoms with Crippen molar-refractivity contribution < 1.29 is 23.1 Å². The first-order chi connectivity index (χ1) is 14.6. The molecule has 2 N–H and O–H groups in total. The molecule has 10 heteroatoms. The van der Waals surface area contributed by atoms with Crippen molar-refractivity contribution in [2.45, 2.75) is 50.8 Å². The molecule has 1 amide bonds. The fraction of sp³-hybridized carbons (Fsp3) is 0.381. The van der Waals surface area contributed by atoms with Crippen LogP contribution in [0.2, 0.25) is 10.0 Å². The van der Waals surface area contributed by atoms with Crippen LogP contribution in [0.25, 0.3) is 0 Å². The van der Waals surface area contributed by atoms with Crippen LogP contribution in [0, 0.1) is 0 Å². The SMILES string of the molecule is CCC(C)NC(=O)OC[C@@H](C)N(c1cc(Cl)ccc1CO)S(=O)(=O)c1ccc(Cl)cc1. The average molecular weight is 489 g/mol. The predicted octanol–water partition coefficient (Wildman–Crippen LogP) is 4.59. The number of hydrogen-bond acceptors (Lipinski definition) is 5. The standard InChI is InChI=1S/C21H26Cl2N2O5S/c1-4-14(2)24-21(27)30-13-15(3)25(20-11-18(23)6-5-16(20)12-26)31(28,29)19-9-7-17(22)8-10-19/h5-11,14-15,26H,4,12-13H2,1-3H3,(H,24,27)/t14?,15-/m1/s1. The molecular weight excluding hydrogens is 463 g/mol. The topological polar surface area (TPSA) is 95.9 Å². The van der Waals surface area contributed by atoms with E-state index in [1.807, 2.05) is 13.8 Å². The highest BCUT2D eigenvalue weighted by atomic mass is 35.5. The number of benzene rings is 2. The number of aliphatic hydroxyl groups excluding tert-OH is 1. The fourth-order valence-corrected chi connectivity index (χ4v) is 4.77. The molecule has 0 bridgehead atoms. The number of halogens is 2. The molecule has 0 fully saturated rings. The minimum Gasteiger partial charge on any atom is -0.447 e. The van der Waals surface area contributed by atoms with Crippen molar-refractivity contribution >= 4 is 45.0 Å². The number of carbonyl (C=O) groups is 1. The summed E-state index contributed by atoms with van der Waals surface area (Å²) in [6.45, 7) is 4.74. The molecule has 2 aromatic carbocycles. The van der Waals surface area contributed by atoms with Gasteiger partial charge in [0.15, 0.2) is 0 Å². The van der Waals surface area contributed by atoms with Gasteiger partial charge in [0.2, 0.25) is 0 Å². The fourth-order valence-electron chi connectivity index (χ4n) is 2.81. The maximum atomic E-state index is 13.5. The van der Waals surface area contributed by atoms with Crippen LogP contribution in [0.1, 0.15) is 32.8 Å².